The van der Waals surface area contributed by atoms with Gasteiger partial charge < -0.3 is 24.6 Å². The predicted octanol–water partition coefficient (Wildman–Crippen LogP) is 12.5. The zero-order chi connectivity index (χ0) is 39.7. The van der Waals surface area contributed by atoms with E-state index in [4.69, 9.17) is 9.47 Å². The molecule has 0 amide bonds. The van der Waals surface area contributed by atoms with E-state index < -0.39 is 6.10 Å². The van der Waals surface area contributed by atoms with E-state index in [0.717, 1.165) is 116 Å². The van der Waals surface area contributed by atoms with E-state index in [2.05, 4.69) is 32.6 Å². The van der Waals surface area contributed by atoms with Gasteiger partial charge in [0.25, 0.3) is 0 Å². The maximum atomic E-state index is 12.9. The summed E-state index contributed by atoms with van der Waals surface area (Å²) < 4.78 is 11.6. The van der Waals surface area contributed by atoms with Crippen molar-refractivity contribution in [3.63, 3.8) is 0 Å². The molecule has 0 saturated carbocycles. The molecule has 0 aliphatic heterocycles. The van der Waals surface area contributed by atoms with E-state index in [0.29, 0.717) is 19.8 Å². The Morgan fingerprint density at radius 1 is 0.444 bits per heavy atom. The first-order valence-corrected chi connectivity index (χ1v) is 23.8. The van der Waals surface area contributed by atoms with Crippen molar-refractivity contribution in [2.75, 3.05) is 39.5 Å². The second kappa shape index (κ2) is 41.5. The Labute approximate surface area is 335 Å². The van der Waals surface area contributed by atoms with Crippen molar-refractivity contribution in [2.45, 2.75) is 239 Å². The summed E-state index contributed by atoms with van der Waals surface area (Å²) >= 11 is 0. The van der Waals surface area contributed by atoms with Crippen molar-refractivity contribution in [1.29, 1.82) is 0 Å². The highest BCUT2D eigenvalue weighted by Crippen LogP contribution is 2.22. The Morgan fingerprint density at radius 3 is 1.09 bits per heavy atom. The lowest BCUT2D eigenvalue weighted by atomic mass is 9.94. The summed E-state index contributed by atoms with van der Waals surface area (Å²) in [7, 11) is 0. The Morgan fingerprint density at radius 2 is 0.741 bits per heavy atom. The zero-order valence-electron chi connectivity index (χ0n) is 36.6. The minimum Gasteiger partial charge on any atom is -0.465 e. The molecule has 322 valence electrons. The van der Waals surface area contributed by atoms with Gasteiger partial charge in [-0.2, -0.15) is 0 Å². The van der Waals surface area contributed by atoms with Gasteiger partial charge in [-0.05, 0) is 64.5 Å². The molecular weight excluding hydrogens is 675 g/mol. The number of esters is 2. The first kappa shape index (κ1) is 52.8. The lowest BCUT2D eigenvalue weighted by molar-refractivity contribution is -0.150. The van der Waals surface area contributed by atoms with Crippen molar-refractivity contribution < 1.29 is 29.3 Å². The van der Waals surface area contributed by atoms with Crippen molar-refractivity contribution in [3.8, 4) is 0 Å². The zero-order valence-corrected chi connectivity index (χ0v) is 36.6. The van der Waals surface area contributed by atoms with Gasteiger partial charge in [-0.25, -0.2) is 0 Å². The van der Waals surface area contributed by atoms with Crippen LogP contribution in [0.25, 0.3) is 0 Å². The van der Waals surface area contributed by atoms with E-state index >= 15 is 0 Å². The number of rotatable bonds is 43. The molecule has 2 N–H and O–H groups in total. The number of aliphatic hydroxyl groups is 2. The van der Waals surface area contributed by atoms with Crippen LogP contribution >= 0.6 is 0 Å². The SMILES string of the molecule is CCCCCCCCC(CCCCCC)C(=O)OCCCCCCN(CCCCCCOC(=O)C(CCCCCC)CCCCCCCC)CC(O)CO. The van der Waals surface area contributed by atoms with E-state index in [1.54, 1.807) is 0 Å². The van der Waals surface area contributed by atoms with Gasteiger partial charge in [0.1, 0.15) is 0 Å². The van der Waals surface area contributed by atoms with Gasteiger partial charge in [0.2, 0.25) is 0 Å². The molecule has 0 saturated heterocycles. The largest absolute Gasteiger partial charge is 0.465 e. The minimum atomic E-state index is -0.721. The van der Waals surface area contributed by atoms with Crippen LogP contribution in [0, 0.1) is 11.8 Å². The van der Waals surface area contributed by atoms with E-state index in [9.17, 15) is 19.8 Å². The Kier molecular flexibility index (Phi) is 40.5. The number of carbonyl (C=O) groups excluding carboxylic acids is 2. The molecule has 0 heterocycles. The fourth-order valence-electron chi connectivity index (χ4n) is 7.55. The summed E-state index contributed by atoms with van der Waals surface area (Å²) in [5.74, 6) is 0.166. The van der Waals surface area contributed by atoms with Crippen LogP contribution in [0.4, 0.5) is 0 Å². The monoisotopic (exact) mass is 768 g/mol. The average molecular weight is 768 g/mol. The van der Waals surface area contributed by atoms with Crippen LogP contribution in [0.15, 0.2) is 0 Å². The number of carbonyl (C=O) groups is 2. The second-order valence-electron chi connectivity index (χ2n) is 16.5. The number of unbranched alkanes of at least 4 members (excludes halogenated alkanes) is 22. The number of hydrogen-bond donors (Lipinski definition) is 2. The molecule has 0 rings (SSSR count). The van der Waals surface area contributed by atoms with E-state index in [-0.39, 0.29) is 30.4 Å². The normalized spacial score (nSPS) is 13.3. The molecule has 0 spiro atoms. The maximum Gasteiger partial charge on any atom is 0.308 e. The Balaban J connectivity index is 4.38. The van der Waals surface area contributed by atoms with E-state index in [1.165, 1.54) is 103 Å². The molecule has 0 aliphatic rings. The molecular formula is C47H93NO6. The molecule has 7 heteroatoms. The quantitative estimate of drug-likeness (QED) is 0.0471. The third-order valence-electron chi connectivity index (χ3n) is 11.2. The number of ether oxygens (including phenoxy) is 2. The van der Waals surface area contributed by atoms with Crippen molar-refractivity contribution in [3.05, 3.63) is 0 Å². The highest BCUT2D eigenvalue weighted by molar-refractivity contribution is 5.72. The van der Waals surface area contributed by atoms with Crippen LogP contribution in [-0.2, 0) is 19.1 Å². The second-order valence-corrected chi connectivity index (χ2v) is 16.5. The summed E-state index contributed by atoms with van der Waals surface area (Å²) in [6.07, 6.45) is 35.8. The molecule has 0 aromatic heterocycles. The summed E-state index contributed by atoms with van der Waals surface area (Å²) in [6.45, 7) is 12.0. The molecule has 0 bridgehead atoms. The van der Waals surface area contributed by atoms with Crippen molar-refractivity contribution in [2.24, 2.45) is 11.8 Å². The van der Waals surface area contributed by atoms with Crippen LogP contribution < -0.4 is 0 Å². The fraction of sp³-hybridized carbons (Fsp3) is 0.957. The summed E-state index contributed by atoms with van der Waals surface area (Å²) in [4.78, 5) is 28.2. The van der Waals surface area contributed by atoms with Gasteiger partial charge in [0.15, 0.2) is 0 Å². The molecule has 0 aromatic rings. The third-order valence-corrected chi connectivity index (χ3v) is 11.2. The van der Waals surface area contributed by atoms with Crippen molar-refractivity contribution in [1.82, 2.24) is 4.90 Å². The summed E-state index contributed by atoms with van der Waals surface area (Å²) in [5.41, 5.74) is 0. The first-order valence-electron chi connectivity index (χ1n) is 23.8. The molecule has 0 aliphatic carbocycles. The highest BCUT2D eigenvalue weighted by Gasteiger charge is 2.20. The summed E-state index contributed by atoms with van der Waals surface area (Å²) in [6, 6.07) is 0. The van der Waals surface area contributed by atoms with Gasteiger partial charge in [-0.15, -0.1) is 0 Å². The van der Waals surface area contributed by atoms with Gasteiger partial charge in [-0.1, -0.05) is 182 Å². The van der Waals surface area contributed by atoms with Crippen LogP contribution in [0.2, 0.25) is 0 Å². The maximum absolute atomic E-state index is 12.9. The molecule has 0 aromatic carbocycles. The number of aliphatic hydroxyl groups excluding tert-OH is 2. The molecule has 7 nitrogen and oxygen atoms in total. The van der Waals surface area contributed by atoms with Crippen LogP contribution in [0.5, 0.6) is 0 Å². The average Bonchev–Trinajstić information content (AvgIpc) is 3.17. The Bertz CT molecular complexity index is 736. The molecule has 54 heavy (non-hydrogen) atoms. The first-order chi connectivity index (χ1) is 26.4. The topological polar surface area (TPSA) is 96.3 Å². The molecule has 3 unspecified atom stereocenters. The third kappa shape index (κ3) is 34.1. The summed E-state index contributed by atoms with van der Waals surface area (Å²) in [5, 5.41) is 19.6. The highest BCUT2D eigenvalue weighted by atomic mass is 16.5. The van der Waals surface area contributed by atoms with Crippen LogP contribution in [-0.4, -0.2) is 72.6 Å². The standard InChI is InChI=1S/C47H93NO6/c1-5-9-13-17-19-27-35-43(33-25-15-11-7-3)46(51)53-39-31-23-21-29-37-48(41-45(50)42-49)38-30-22-24-32-40-54-47(52)44(34-26-16-12-8-4)36-28-20-18-14-10-6-2/h43-45,49-50H,5-42H2,1-4H3. The molecule has 0 radical (unpaired) electrons. The van der Waals surface area contributed by atoms with Gasteiger partial charge >= 0.3 is 11.9 Å². The minimum absolute atomic E-state index is 0.0212. The lowest BCUT2D eigenvalue weighted by Crippen LogP contribution is -2.35. The number of hydrogen-bond acceptors (Lipinski definition) is 7. The van der Waals surface area contributed by atoms with Crippen LogP contribution in [0.1, 0.15) is 233 Å². The Hall–Kier alpha value is -1.18. The fourth-order valence-corrected chi connectivity index (χ4v) is 7.55. The van der Waals surface area contributed by atoms with Gasteiger partial charge in [0, 0.05) is 6.54 Å². The number of nitrogens with zero attached hydrogens (tertiary/aromatic N) is 1. The van der Waals surface area contributed by atoms with E-state index in [1.807, 2.05) is 0 Å². The smallest absolute Gasteiger partial charge is 0.308 e. The molecule has 3 atom stereocenters. The predicted molar refractivity (Wildman–Crippen MR) is 229 cm³/mol. The van der Waals surface area contributed by atoms with Crippen LogP contribution in [0.3, 0.4) is 0 Å². The van der Waals surface area contributed by atoms with Crippen molar-refractivity contribution >= 4 is 11.9 Å². The van der Waals surface area contributed by atoms with Gasteiger partial charge in [0.05, 0.1) is 37.8 Å². The lowest BCUT2D eigenvalue weighted by Gasteiger charge is -2.24. The molecule has 0 fully saturated rings. The van der Waals surface area contributed by atoms with Gasteiger partial charge in [-0.3, -0.25) is 9.59 Å².